The van der Waals surface area contributed by atoms with Crippen molar-refractivity contribution in [3.63, 3.8) is 0 Å². The first-order chi connectivity index (χ1) is 21.7. The Morgan fingerprint density at radius 2 is 1.49 bits per heavy atom. The van der Waals surface area contributed by atoms with E-state index in [2.05, 4.69) is 15.6 Å². The molecule has 2 amide bonds. The van der Waals surface area contributed by atoms with E-state index in [0.717, 1.165) is 21.9 Å². The minimum atomic E-state index is -0.854. The number of carbonyl (C=O) groups is 2. The highest BCUT2D eigenvalue weighted by atomic mass is 19.1. The van der Waals surface area contributed by atoms with Crippen LogP contribution < -0.4 is 32.6 Å². The van der Waals surface area contributed by atoms with Crippen molar-refractivity contribution in [1.82, 2.24) is 5.32 Å². The van der Waals surface area contributed by atoms with Crippen LogP contribution in [0.4, 0.5) is 15.8 Å². The predicted octanol–water partition coefficient (Wildman–Crippen LogP) is 4.90. The van der Waals surface area contributed by atoms with Gasteiger partial charge in [0.2, 0.25) is 5.91 Å². The van der Waals surface area contributed by atoms with E-state index in [0.29, 0.717) is 23.5 Å². The number of rotatable bonds is 11. The molecule has 0 saturated heterocycles. The lowest BCUT2D eigenvalue weighted by Gasteiger charge is -2.16. The van der Waals surface area contributed by atoms with Gasteiger partial charge in [-0.3, -0.25) is 9.59 Å². The largest absolute Gasteiger partial charge is 0.488 e. The van der Waals surface area contributed by atoms with Crippen LogP contribution in [-0.4, -0.2) is 23.8 Å². The number of nitrogens with zero attached hydrogens (tertiary/aromatic N) is 1. The second kappa shape index (κ2) is 14.2. The monoisotopic (exact) mass is 604 g/mol. The van der Waals surface area contributed by atoms with Gasteiger partial charge < -0.3 is 32.6 Å². The van der Waals surface area contributed by atoms with Gasteiger partial charge in [-0.25, -0.2) is 9.38 Å². The second-order valence-corrected chi connectivity index (χ2v) is 10.5. The molecule has 0 aliphatic rings. The molecular weight excluding hydrogens is 571 g/mol. The van der Waals surface area contributed by atoms with Crippen LogP contribution in [0.2, 0.25) is 0 Å². The molecule has 0 aliphatic carbocycles. The number of carbonyl (C=O) groups excluding carboxylic acids is 2. The summed E-state index contributed by atoms with van der Waals surface area (Å²) in [5, 5.41) is 7.95. The number of halogens is 1. The summed E-state index contributed by atoms with van der Waals surface area (Å²) >= 11 is 0. The molecule has 0 aliphatic heterocycles. The quantitative estimate of drug-likeness (QED) is 0.107. The number of fused-ring (bicyclic) bond motifs is 1. The van der Waals surface area contributed by atoms with Crippen molar-refractivity contribution in [2.75, 3.05) is 5.32 Å². The molecule has 9 nitrogen and oxygen atoms in total. The topological polar surface area (TPSA) is 158 Å². The highest BCUT2D eigenvalue weighted by molar-refractivity contribution is 5.99. The Balaban J connectivity index is 1.29. The van der Waals surface area contributed by atoms with Crippen molar-refractivity contribution < 1.29 is 18.7 Å². The molecule has 0 radical (unpaired) electrons. The molecular formula is C35H33FN6O3. The lowest BCUT2D eigenvalue weighted by Crippen LogP contribution is -2.37. The Kier molecular flexibility index (Phi) is 9.66. The molecule has 0 aromatic heterocycles. The first-order valence-electron chi connectivity index (χ1n) is 14.3. The number of anilines is 1. The van der Waals surface area contributed by atoms with Gasteiger partial charge in [0.25, 0.3) is 5.91 Å². The molecule has 1 atom stereocenters. The molecule has 5 rings (SSSR count). The summed E-state index contributed by atoms with van der Waals surface area (Å²) < 4.78 is 19.4. The molecule has 0 fully saturated rings. The summed E-state index contributed by atoms with van der Waals surface area (Å²) in [7, 11) is 0. The van der Waals surface area contributed by atoms with Gasteiger partial charge in [-0.15, -0.1) is 0 Å². The van der Waals surface area contributed by atoms with E-state index in [-0.39, 0.29) is 42.0 Å². The zero-order chi connectivity index (χ0) is 31.8. The summed E-state index contributed by atoms with van der Waals surface area (Å²) in [5.41, 5.74) is 20.8. The first kappa shape index (κ1) is 30.7. The lowest BCUT2D eigenvalue weighted by molar-refractivity contribution is -0.117. The first-order valence-corrected chi connectivity index (χ1v) is 14.3. The Morgan fingerprint density at radius 1 is 0.800 bits per heavy atom. The number of benzene rings is 5. The van der Waals surface area contributed by atoms with E-state index < -0.39 is 11.9 Å². The number of hydrogen-bond acceptors (Lipinski definition) is 5. The molecule has 45 heavy (non-hydrogen) atoms. The molecule has 5 aromatic rings. The normalized spacial score (nSPS) is 11.4. The molecule has 0 bridgehead atoms. The van der Waals surface area contributed by atoms with Crippen LogP contribution in [0.25, 0.3) is 10.8 Å². The van der Waals surface area contributed by atoms with E-state index in [1.165, 1.54) is 12.1 Å². The van der Waals surface area contributed by atoms with E-state index in [4.69, 9.17) is 21.9 Å². The van der Waals surface area contributed by atoms with Gasteiger partial charge in [0, 0.05) is 18.3 Å². The van der Waals surface area contributed by atoms with Crippen LogP contribution in [0.1, 0.15) is 27.0 Å². The Hall–Kier alpha value is -5.74. The summed E-state index contributed by atoms with van der Waals surface area (Å²) in [6.07, 6.45) is 0.275. The fraction of sp³-hybridized carbons (Fsp3) is 0.114. The van der Waals surface area contributed by atoms with Gasteiger partial charge in [0.15, 0.2) is 5.96 Å². The van der Waals surface area contributed by atoms with Gasteiger partial charge in [0.05, 0.1) is 17.3 Å². The lowest BCUT2D eigenvalue weighted by atomic mass is 10.1. The van der Waals surface area contributed by atoms with Crippen molar-refractivity contribution in [2.24, 2.45) is 22.2 Å². The molecule has 228 valence electrons. The average Bonchev–Trinajstić information content (AvgIpc) is 3.04. The van der Waals surface area contributed by atoms with Crippen molar-refractivity contribution in [2.45, 2.75) is 25.6 Å². The van der Waals surface area contributed by atoms with Gasteiger partial charge >= 0.3 is 0 Å². The second-order valence-electron chi connectivity index (χ2n) is 10.5. The molecule has 0 spiro atoms. The molecule has 0 heterocycles. The number of amides is 2. The third-order valence-corrected chi connectivity index (χ3v) is 7.06. The summed E-state index contributed by atoms with van der Waals surface area (Å²) in [6, 6.07) is 30.8. The summed E-state index contributed by atoms with van der Waals surface area (Å²) in [6.45, 7) is 0.388. The number of aliphatic imine (C=N–C) groups is 1. The van der Waals surface area contributed by atoms with E-state index >= 15 is 0 Å². The third kappa shape index (κ3) is 8.43. The molecule has 8 N–H and O–H groups in total. The standard InChI is InChI=1S/C35H33FN6O3/c36-27-11-6-23(7-12-27)21-45-32-19-29(41-34(44)31(37)18-22-8-13-28(14-9-22)42-35(38)39)15-16-30(32)33(43)40-20-24-5-10-25-3-1-2-4-26(25)17-24/h1-17,19,31H,18,20-21,37H2,(H,40,43)(H,41,44)(H4,38,39,42)/t31-/m0/s1. The van der Waals surface area contributed by atoms with Crippen LogP contribution >= 0.6 is 0 Å². The third-order valence-electron chi connectivity index (χ3n) is 7.06. The van der Waals surface area contributed by atoms with Gasteiger partial charge in [-0.05, 0) is 76.3 Å². The van der Waals surface area contributed by atoms with Crippen molar-refractivity contribution in [1.29, 1.82) is 0 Å². The Labute approximate surface area is 259 Å². The highest BCUT2D eigenvalue weighted by Gasteiger charge is 2.18. The number of hydrogen-bond donors (Lipinski definition) is 5. The SMILES string of the molecule is NC(N)=Nc1ccc(C[C@H](N)C(=O)Nc2ccc(C(=O)NCc3ccc4ccccc4c3)c(OCc3ccc(F)cc3)c2)cc1. The molecule has 0 unspecified atom stereocenters. The number of nitrogens with two attached hydrogens (primary N) is 3. The number of ether oxygens (including phenoxy) is 1. The summed E-state index contributed by atoms with van der Waals surface area (Å²) in [4.78, 5) is 30.3. The minimum absolute atomic E-state index is 0.0479. The van der Waals surface area contributed by atoms with E-state index in [9.17, 15) is 14.0 Å². The van der Waals surface area contributed by atoms with Gasteiger partial charge in [0.1, 0.15) is 18.2 Å². The van der Waals surface area contributed by atoms with E-state index in [1.807, 2.05) is 42.5 Å². The predicted molar refractivity (Wildman–Crippen MR) is 175 cm³/mol. The van der Waals surface area contributed by atoms with Gasteiger partial charge in [-0.1, -0.05) is 60.7 Å². The number of guanidine groups is 1. The van der Waals surface area contributed by atoms with Crippen molar-refractivity contribution in [3.8, 4) is 5.75 Å². The van der Waals surface area contributed by atoms with Crippen LogP contribution in [0.15, 0.2) is 114 Å². The van der Waals surface area contributed by atoms with Crippen LogP contribution in [-0.2, 0) is 24.4 Å². The zero-order valence-corrected chi connectivity index (χ0v) is 24.4. The fourth-order valence-electron chi connectivity index (χ4n) is 4.71. The molecule has 0 saturated carbocycles. The van der Waals surface area contributed by atoms with Crippen molar-refractivity contribution >= 4 is 39.9 Å². The maximum absolute atomic E-state index is 13.4. The fourth-order valence-corrected chi connectivity index (χ4v) is 4.71. The van der Waals surface area contributed by atoms with Crippen LogP contribution in [0, 0.1) is 5.82 Å². The Bertz CT molecular complexity index is 1840. The average molecular weight is 605 g/mol. The van der Waals surface area contributed by atoms with Crippen LogP contribution in [0.3, 0.4) is 0 Å². The maximum Gasteiger partial charge on any atom is 0.255 e. The number of nitrogens with one attached hydrogen (secondary N) is 2. The molecule has 5 aromatic carbocycles. The van der Waals surface area contributed by atoms with Crippen molar-refractivity contribution in [3.05, 3.63) is 137 Å². The zero-order valence-electron chi connectivity index (χ0n) is 24.4. The Morgan fingerprint density at radius 3 is 2.22 bits per heavy atom. The maximum atomic E-state index is 13.4. The van der Waals surface area contributed by atoms with E-state index in [1.54, 1.807) is 54.6 Å². The summed E-state index contributed by atoms with van der Waals surface area (Å²) in [5.74, 6) is -0.930. The smallest absolute Gasteiger partial charge is 0.255 e. The van der Waals surface area contributed by atoms with Crippen LogP contribution in [0.5, 0.6) is 5.75 Å². The molecule has 10 heteroatoms. The highest BCUT2D eigenvalue weighted by Crippen LogP contribution is 2.26. The van der Waals surface area contributed by atoms with Gasteiger partial charge in [-0.2, -0.15) is 0 Å². The minimum Gasteiger partial charge on any atom is -0.488 e.